The first-order chi connectivity index (χ1) is 17.0. The van der Waals surface area contributed by atoms with Crippen LogP contribution in [0.1, 0.15) is 66.5 Å². The van der Waals surface area contributed by atoms with Gasteiger partial charge in [-0.05, 0) is 62.4 Å². The normalized spacial score (nSPS) is 18.4. The summed E-state index contributed by atoms with van der Waals surface area (Å²) in [4.78, 5) is 37.9. The molecule has 0 saturated carbocycles. The van der Waals surface area contributed by atoms with Crippen LogP contribution in [0.2, 0.25) is 0 Å². The van der Waals surface area contributed by atoms with E-state index in [1.165, 1.54) is 6.42 Å². The number of carbonyl (C=O) groups excluding carboxylic acids is 3. The molecule has 2 aliphatic rings. The number of benzene rings is 1. The summed E-state index contributed by atoms with van der Waals surface area (Å²) in [6.07, 6.45) is 4.89. The van der Waals surface area contributed by atoms with Crippen molar-refractivity contribution in [2.45, 2.75) is 74.9 Å². The summed E-state index contributed by atoms with van der Waals surface area (Å²) < 4.78 is 11.8. The number of nitrogens with zero attached hydrogens (tertiary/aromatic N) is 1. The van der Waals surface area contributed by atoms with Crippen molar-refractivity contribution >= 4 is 30.0 Å². The van der Waals surface area contributed by atoms with Gasteiger partial charge in [-0.2, -0.15) is 0 Å². The number of furan rings is 1. The Morgan fingerprint density at radius 3 is 2.91 bits per heavy atom. The van der Waals surface area contributed by atoms with Crippen molar-refractivity contribution in [2.24, 2.45) is 0 Å². The van der Waals surface area contributed by atoms with Crippen LogP contribution in [0.4, 0.5) is 0 Å². The molecule has 2 aliphatic heterocycles. The highest BCUT2D eigenvalue weighted by Crippen LogP contribution is 2.35. The molecule has 3 heterocycles. The fourth-order valence-electron chi connectivity index (χ4n) is 4.52. The smallest absolute Gasteiger partial charge is 0.254 e. The Bertz CT molecular complexity index is 1030. The molecule has 188 valence electrons. The van der Waals surface area contributed by atoms with Crippen LogP contribution in [-0.4, -0.2) is 48.4 Å². The van der Waals surface area contributed by atoms with Gasteiger partial charge in [0.2, 0.25) is 12.3 Å². The number of amides is 3. The van der Waals surface area contributed by atoms with E-state index in [0.717, 1.165) is 48.0 Å². The van der Waals surface area contributed by atoms with Crippen LogP contribution >= 0.6 is 11.8 Å². The fraction of sp³-hybridized carbons (Fsp3) is 0.500. The molecule has 0 spiro atoms. The number of hydrogen-bond acceptors (Lipinski definition) is 7. The zero-order chi connectivity index (χ0) is 24.6. The average Bonchev–Trinajstić information content (AvgIpc) is 3.46. The third kappa shape index (κ3) is 6.74. The Balaban J connectivity index is 1.28. The van der Waals surface area contributed by atoms with Crippen molar-refractivity contribution in [3.8, 4) is 0 Å². The fourth-order valence-corrected chi connectivity index (χ4v) is 5.50. The van der Waals surface area contributed by atoms with Gasteiger partial charge in [-0.15, -0.1) is 11.8 Å². The van der Waals surface area contributed by atoms with E-state index in [-0.39, 0.29) is 24.3 Å². The Hall–Kier alpha value is -2.62. The van der Waals surface area contributed by atoms with E-state index >= 15 is 0 Å². The number of rotatable bonds is 12. The van der Waals surface area contributed by atoms with Crippen LogP contribution in [0.5, 0.6) is 0 Å². The second kappa shape index (κ2) is 12.4. The first-order valence-corrected chi connectivity index (χ1v) is 13.2. The summed E-state index contributed by atoms with van der Waals surface area (Å²) in [6.45, 7) is 4.83. The zero-order valence-electron chi connectivity index (χ0n) is 20.1. The van der Waals surface area contributed by atoms with Gasteiger partial charge in [0, 0.05) is 42.6 Å². The van der Waals surface area contributed by atoms with E-state index < -0.39 is 0 Å². The first-order valence-electron chi connectivity index (χ1n) is 12.2. The topological polar surface area (TPSA) is 101 Å². The molecule has 3 amide bonds. The average molecular weight is 500 g/mol. The standard InChI is InChI=1S/C26H33N3O5S/c1-18(8-11-25(31)28-17-30)29-15-23-22(26(29)32)6-4-7-24(23)35-16-21-10-9-20(34-21)14-27-13-19-5-2-3-12-33-19/h4,6-7,9-10,17-19,27H,2-3,5,8,11-16H2,1H3,(H,28,30,31). The van der Waals surface area contributed by atoms with Gasteiger partial charge in [0.1, 0.15) is 11.5 Å². The SMILES string of the molecule is CC(CCC(=O)NC=O)N1Cc2c(SCc3ccc(CNCC4CCCCO4)o3)cccc2C1=O. The maximum absolute atomic E-state index is 13.0. The molecular formula is C26H33N3O5S. The van der Waals surface area contributed by atoms with Gasteiger partial charge >= 0.3 is 0 Å². The maximum atomic E-state index is 13.0. The lowest BCUT2D eigenvalue weighted by Gasteiger charge is -2.24. The van der Waals surface area contributed by atoms with Crippen molar-refractivity contribution < 1.29 is 23.5 Å². The van der Waals surface area contributed by atoms with E-state index in [9.17, 15) is 14.4 Å². The molecule has 35 heavy (non-hydrogen) atoms. The Labute approximate surface area is 210 Å². The van der Waals surface area contributed by atoms with Gasteiger partial charge in [0.05, 0.1) is 18.4 Å². The van der Waals surface area contributed by atoms with Crippen LogP contribution in [0.25, 0.3) is 0 Å². The number of thioether (sulfide) groups is 1. The molecule has 0 aliphatic carbocycles. The van der Waals surface area contributed by atoms with Crippen LogP contribution < -0.4 is 10.6 Å². The maximum Gasteiger partial charge on any atom is 0.254 e. The highest BCUT2D eigenvalue weighted by Gasteiger charge is 2.32. The van der Waals surface area contributed by atoms with Crippen LogP contribution in [0.15, 0.2) is 39.6 Å². The first kappa shape index (κ1) is 25.5. The Morgan fingerprint density at radius 1 is 1.26 bits per heavy atom. The number of nitrogens with one attached hydrogen (secondary N) is 2. The Morgan fingerprint density at radius 2 is 2.11 bits per heavy atom. The van der Waals surface area contributed by atoms with E-state index in [0.29, 0.717) is 43.3 Å². The highest BCUT2D eigenvalue weighted by molar-refractivity contribution is 7.98. The van der Waals surface area contributed by atoms with Gasteiger partial charge in [-0.3, -0.25) is 19.7 Å². The van der Waals surface area contributed by atoms with E-state index in [1.54, 1.807) is 16.7 Å². The lowest BCUT2D eigenvalue weighted by molar-refractivity contribution is -0.125. The van der Waals surface area contributed by atoms with Crippen molar-refractivity contribution in [2.75, 3.05) is 13.2 Å². The minimum Gasteiger partial charge on any atom is -0.464 e. The number of carbonyl (C=O) groups is 3. The van der Waals surface area contributed by atoms with Crippen LogP contribution in [0, 0.1) is 0 Å². The lowest BCUT2D eigenvalue weighted by atomic mass is 10.1. The monoisotopic (exact) mass is 499 g/mol. The van der Waals surface area contributed by atoms with Crippen LogP contribution in [-0.2, 0) is 33.2 Å². The molecule has 1 saturated heterocycles. The number of fused-ring (bicyclic) bond motifs is 1. The summed E-state index contributed by atoms with van der Waals surface area (Å²) in [6, 6.07) is 9.72. The minimum atomic E-state index is -0.331. The lowest BCUT2D eigenvalue weighted by Crippen LogP contribution is -2.34. The van der Waals surface area contributed by atoms with Gasteiger partial charge in [0.25, 0.3) is 5.91 Å². The molecular weight excluding hydrogens is 466 g/mol. The molecule has 1 aromatic carbocycles. The molecule has 1 fully saturated rings. The second-order valence-electron chi connectivity index (χ2n) is 9.06. The largest absolute Gasteiger partial charge is 0.464 e. The minimum absolute atomic E-state index is 0.0148. The van der Waals surface area contributed by atoms with Gasteiger partial charge in [0.15, 0.2) is 0 Å². The molecule has 4 rings (SSSR count). The molecule has 2 aromatic rings. The number of hydrogen-bond donors (Lipinski definition) is 2. The summed E-state index contributed by atoms with van der Waals surface area (Å²) in [5.41, 5.74) is 1.74. The third-order valence-electron chi connectivity index (χ3n) is 6.53. The summed E-state index contributed by atoms with van der Waals surface area (Å²) >= 11 is 1.66. The molecule has 8 nitrogen and oxygen atoms in total. The van der Waals surface area contributed by atoms with Crippen molar-refractivity contribution in [1.29, 1.82) is 0 Å². The highest BCUT2D eigenvalue weighted by atomic mass is 32.2. The molecule has 0 radical (unpaired) electrons. The third-order valence-corrected chi connectivity index (χ3v) is 7.65. The van der Waals surface area contributed by atoms with Crippen LogP contribution in [0.3, 0.4) is 0 Å². The van der Waals surface area contributed by atoms with Gasteiger partial charge in [-0.1, -0.05) is 6.07 Å². The molecule has 0 bridgehead atoms. The quantitative estimate of drug-likeness (QED) is 0.340. The predicted octanol–water partition coefficient (Wildman–Crippen LogP) is 3.63. The summed E-state index contributed by atoms with van der Waals surface area (Å²) in [5, 5.41) is 5.57. The molecule has 2 atom stereocenters. The molecule has 2 N–H and O–H groups in total. The number of imide groups is 1. The predicted molar refractivity (Wildman–Crippen MR) is 133 cm³/mol. The van der Waals surface area contributed by atoms with Gasteiger partial charge in [-0.25, -0.2) is 0 Å². The van der Waals surface area contributed by atoms with Crippen molar-refractivity contribution in [1.82, 2.24) is 15.5 Å². The van der Waals surface area contributed by atoms with E-state index in [2.05, 4.69) is 10.6 Å². The molecule has 2 unspecified atom stereocenters. The second-order valence-corrected chi connectivity index (χ2v) is 10.1. The Kier molecular flexibility index (Phi) is 9.01. The van der Waals surface area contributed by atoms with Crippen molar-refractivity contribution in [3.63, 3.8) is 0 Å². The molecule has 1 aromatic heterocycles. The molecule has 9 heteroatoms. The summed E-state index contributed by atoms with van der Waals surface area (Å²) in [5.74, 6) is 2.14. The van der Waals surface area contributed by atoms with Crippen molar-refractivity contribution in [3.05, 3.63) is 53.0 Å². The van der Waals surface area contributed by atoms with E-state index in [4.69, 9.17) is 9.15 Å². The summed E-state index contributed by atoms with van der Waals surface area (Å²) in [7, 11) is 0. The number of ether oxygens (including phenoxy) is 1. The van der Waals surface area contributed by atoms with E-state index in [1.807, 2.05) is 37.3 Å². The van der Waals surface area contributed by atoms with Gasteiger partial charge < -0.3 is 19.4 Å². The zero-order valence-corrected chi connectivity index (χ0v) is 20.9.